The first-order valence-corrected chi connectivity index (χ1v) is 9.61. The van der Waals surface area contributed by atoms with Crippen molar-refractivity contribution in [2.45, 2.75) is 0 Å². The standard InChI is InChI=1S/C23H20O5S/c1-26-16-10-8-15(9-11-16)21-14-19(20(29-21)12-13-22(24)27-2)17-6-4-5-7-18(17)23(25)28-3/h4-14H,1-3H3/b13-12+. The summed E-state index contributed by atoms with van der Waals surface area (Å²) in [6, 6.07) is 17.0. The lowest BCUT2D eigenvalue weighted by Crippen LogP contribution is -2.03. The summed E-state index contributed by atoms with van der Waals surface area (Å²) in [5, 5.41) is 0. The average molecular weight is 408 g/mol. The minimum atomic E-state index is -0.448. The van der Waals surface area contributed by atoms with Crippen LogP contribution in [0.2, 0.25) is 0 Å². The van der Waals surface area contributed by atoms with Crippen molar-refractivity contribution < 1.29 is 23.8 Å². The van der Waals surface area contributed by atoms with Crippen molar-refractivity contribution in [2.24, 2.45) is 0 Å². The molecule has 148 valence electrons. The summed E-state index contributed by atoms with van der Waals surface area (Å²) in [6.07, 6.45) is 3.07. The lowest BCUT2D eigenvalue weighted by atomic mass is 9.99. The molecule has 0 bridgehead atoms. The second-order valence-electron chi connectivity index (χ2n) is 6.01. The summed E-state index contributed by atoms with van der Waals surface area (Å²) in [6.45, 7) is 0. The molecule has 3 rings (SSSR count). The number of carbonyl (C=O) groups excluding carboxylic acids is 2. The second kappa shape index (κ2) is 9.21. The Labute approximate surface area is 173 Å². The molecule has 0 atom stereocenters. The molecule has 29 heavy (non-hydrogen) atoms. The minimum absolute atomic E-state index is 0.416. The summed E-state index contributed by atoms with van der Waals surface area (Å²) >= 11 is 1.51. The zero-order valence-corrected chi connectivity index (χ0v) is 17.1. The molecule has 0 unspecified atom stereocenters. The fraction of sp³-hybridized carbons (Fsp3) is 0.130. The SMILES string of the molecule is COC(=O)/C=C/c1sc(-c2ccc(OC)cc2)cc1-c1ccccc1C(=O)OC. The molecular weight excluding hydrogens is 388 g/mol. The van der Waals surface area contributed by atoms with E-state index in [9.17, 15) is 9.59 Å². The largest absolute Gasteiger partial charge is 0.497 e. The van der Waals surface area contributed by atoms with Gasteiger partial charge in [0.05, 0.1) is 26.9 Å². The van der Waals surface area contributed by atoms with Crippen LogP contribution >= 0.6 is 11.3 Å². The Bertz CT molecular complexity index is 1050. The molecule has 0 N–H and O–H groups in total. The third kappa shape index (κ3) is 4.55. The van der Waals surface area contributed by atoms with Gasteiger partial charge >= 0.3 is 11.9 Å². The fourth-order valence-corrected chi connectivity index (χ4v) is 3.94. The van der Waals surface area contributed by atoms with Gasteiger partial charge in [-0.1, -0.05) is 18.2 Å². The number of hydrogen-bond acceptors (Lipinski definition) is 6. The summed E-state index contributed by atoms with van der Waals surface area (Å²) in [4.78, 5) is 25.7. The number of carbonyl (C=O) groups is 2. The molecule has 0 aliphatic heterocycles. The van der Waals surface area contributed by atoms with Gasteiger partial charge in [0, 0.05) is 21.4 Å². The third-order valence-corrected chi connectivity index (χ3v) is 5.48. The van der Waals surface area contributed by atoms with Crippen LogP contribution < -0.4 is 4.74 Å². The van der Waals surface area contributed by atoms with Gasteiger partial charge in [0.25, 0.3) is 0 Å². The van der Waals surface area contributed by atoms with E-state index in [1.165, 1.54) is 31.6 Å². The Hall–Kier alpha value is -3.38. The Balaban J connectivity index is 2.14. The first-order chi connectivity index (χ1) is 14.1. The fourth-order valence-electron chi connectivity index (χ4n) is 2.85. The van der Waals surface area contributed by atoms with Crippen molar-refractivity contribution in [1.29, 1.82) is 0 Å². The highest BCUT2D eigenvalue weighted by atomic mass is 32.1. The lowest BCUT2D eigenvalue weighted by Gasteiger charge is -2.07. The van der Waals surface area contributed by atoms with Crippen molar-refractivity contribution in [1.82, 2.24) is 0 Å². The lowest BCUT2D eigenvalue weighted by molar-refractivity contribution is -0.134. The number of benzene rings is 2. The molecule has 5 nitrogen and oxygen atoms in total. The molecule has 0 aliphatic carbocycles. The highest BCUT2D eigenvalue weighted by molar-refractivity contribution is 7.16. The van der Waals surface area contributed by atoms with E-state index >= 15 is 0 Å². The highest BCUT2D eigenvalue weighted by Gasteiger charge is 2.18. The topological polar surface area (TPSA) is 61.8 Å². The van der Waals surface area contributed by atoms with Crippen LogP contribution in [0, 0.1) is 0 Å². The first-order valence-electron chi connectivity index (χ1n) is 8.79. The number of esters is 2. The Morgan fingerprint density at radius 2 is 1.62 bits per heavy atom. The zero-order chi connectivity index (χ0) is 20.8. The molecular formula is C23H20O5S. The van der Waals surface area contributed by atoms with E-state index in [0.29, 0.717) is 5.56 Å². The van der Waals surface area contributed by atoms with E-state index in [4.69, 9.17) is 14.2 Å². The van der Waals surface area contributed by atoms with Gasteiger partial charge in [-0.3, -0.25) is 0 Å². The van der Waals surface area contributed by atoms with Crippen LogP contribution in [0.4, 0.5) is 0 Å². The van der Waals surface area contributed by atoms with Gasteiger partial charge in [0.1, 0.15) is 5.75 Å². The molecule has 6 heteroatoms. The van der Waals surface area contributed by atoms with Gasteiger partial charge in [0.2, 0.25) is 0 Å². The van der Waals surface area contributed by atoms with Crippen molar-refractivity contribution in [2.75, 3.05) is 21.3 Å². The van der Waals surface area contributed by atoms with Crippen molar-refractivity contribution in [3.8, 4) is 27.3 Å². The van der Waals surface area contributed by atoms with Crippen LogP contribution in [0.1, 0.15) is 15.2 Å². The van der Waals surface area contributed by atoms with Crippen LogP contribution in [0.3, 0.4) is 0 Å². The predicted molar refractivity (Wildman–Crippen MR) is 114 cm³/mol. The van der Waals surface area contributed by atoms with Crippen LogP contribution in [0.5, 0.6) is 5.75 Å². The second-order valence-corrected chi connectivity index (χ2v) is 7.09. The van der Waals surface area contributed by atoms with Crippen LogP contribution in [-0.4, -0.2) is 33.3 Å². The molecule has 0 saturated heterocycles. The average Bonchev–Trinajstić information content (AvgIpc) is 3.21. The third-order valence-electron chi connectivity index (χ3n) is 4.33. The quantitative estimate of drug-likeness (QED) is 0.421. The maximum atomic E-state index is 12.3. The molecule has 2 aromatic carbocycles. The van der Waals surface area contributed by atoms with E-state index < -0.39 is 11.9 Å². The van der Waals surface area contributed by atoms with Gasteiger partial charge in [0.15, 0.2) is 0 Å². The number of thiophene rings is 1. The number of methoxy groups -OCH3 is 3. The van der Waals surface area contributed by atoms with Gasteiger partial charge in [-0.05, 0) is 53.6 Å². The molecule has 0 spiro atoms. The van der Waals surface area contributed by atoms with Crippen LogP contribution in [-0.2, 0) is 14.3 Å². The zero-order valence-electron chi connectivity index (χ0n) is 16.3. The van der Waals surface area contributed by atoms with Crippen molar-refractivity contribution in [3.63, 3.8) is 0 Å². The van der Waals surface area contributed by atoms with Crippen molar-refractivity contribution in [3.05, 3.63) is 71.1 Å². The molecule has 0 radical (unpaired) electrons. The molecule has 0 saturated carbocycles. The van der Waals surface area contributed by atoms with E-state index in [2.05, 4.69) is 0 Å². The molecule has 3 aromatic rings. The maximum absolute atomic E-state index is 12.3. The normalized spacial score (nSPS) is 10.7. The van der Waals surface area contributed by atoms with E-state index in [1.807, 2.05) is 42.5 Å². The van der Waals surface area contributed by atoms with E-state index in [-0.39, 0.29) is 0 Å². The van der Waals surface area contributed by atoms with E-state index in [0.717, 1.165) is 32.2 Å². The van der Waals surface area contributed by atoms with Gasteiger partial charge < -0.3 is 14.2 Å². The number of rotatable bonds is 6. The summed E-state index contributed by atoms with van der Waals surface area (Å²) in [5.74, 6) is -0.0929. The summed E-state index contributed by atoms with van der Waals surface area (Å²) in [5.41, 5.74) is 3.04. The van der Waals surface area contributed by atoms with Crippen LogP contribution in [0.25, 0.3) is 27.6 Å². The smallest absolute Gasteiger partial charge is 0.338 e. The van der Waals surface area contributed by atoms with Crippen molar-refractivity contribution >= 4 is 29.4 Å². The minimum Gasteiger partial charge on any atom is -0.497 e. The summed E-state index contributed by atoms with van der Waals surface area (Å²) < 4.78 is 14.9. The number of ether oxygens (including phenoxy) is 3. The van der Waals surface area contributed by atoms with Gasteiger partial charge in [-0.2, -0.15) is 0 Å². The molecule has 0 fully saturated rings. The Kier molecular flexibility index (Phi) is 6.46. The van der Waals surface area contributed by atoms with Gasteiger partial charge in [-0.15, -0.1) is 11.3 Å². The van der Waals surface area contributed by atoms with Crippen LogP contribution in [0.15, 0.2) is 60.7 Å². The molecule has 0 amide bonds. The molecule has 1 heterocycles. The predicted octanol–water partition coefficient (Wildman–Crippen LogP) is 5.06. The number of hydrogen-bond donors (Lipinski definition) is 0. The first kappa shape index (κ1) is 20.4. The Morgan fingerprint density at radius 3 is 2.28 bits per heavy atom. The molecule has 1 aromatic heterocycles. The Morgan fingerprint density at radius 1 is 0.897 bits per heavy atom. The maximum Gasteiger partial charge on any atom is 0.338 e. The van der Waals surface area contributed by atoms with Gasteiger partial charge in [-0.25, -0.2) is 9.59 Å². The highest BCUT2D eigenvalue weighted by Crippen LogP contribution is 2.40. The molecule has 0 aliphatic rings. The monoisotopic (exact) mass is 408 g/mol. The van der Waals surface area contributed by atoms with E-state index in [1.54, 1.807) is 25.3 Å². The summed E-state index contributed by atoms with van der Waals surface area (Å²) in [7, 11) is 4.31.